The summed E-state index contributed by atoms with van der Waals surface area (Å²) < 4.78 is 7.02. The van der Waals surface area contributed by atoms with Crippen molar-refractivity contribution in [2.75, 3.05) is 0 Å². The number of hydrogen-bond acceptors (Lipinski definition) is 4. The van der Waals surface area contributed by atoms with Gasteiger partial charge in [-0.1, -0.05) is 42.0 Å². The van der Waals surface area contributed by atoms with Crippen LogP contribution in [-0.2, 0) is 6.61 Å². The van der Waals surface area contributed by atoms with Crippen LogP contribution in [0, 0.1) is 12.1 Å². The van der Waals surface area contributed by atoms with Crippen molar-refractivity contribution >= 4 is 11.0 Å². The average Bonchev–Trinajstić information content (AvgIpc) is 3.16. The summed E-state index contributed by atoms with van der Waals surface area (Å²) in [5, 5.41) is 12.7. The smallest absolute Gasteiger partial charge is 0.361 e. The summed E-state index contributed by atoms with van der Waals surface area (Å²) in [5.41, 5.74) is 2.07. The molecule has 0 amide bonds. The fraction of sp³-hybridized carbons (Fsp3) is 0.100. The summed E-state index contributed by atoms with van der Waals surface area (Å²) in [6.45, 7) is 2.19. The average molecular weight is 348 g/mol. The van der Waals surface area contributed by atoms with Crippen molar-refractivity contribution in [2.45, 2.75) is 13.5 Å². The molecule has 4 rings (SSSR count). The molecule has 4 aromatic rings. The highest BCUT2D eigenvalue weighted by molar-refractivity contribution is 5.72. The Kier molecular flexibility index (Phi) is 3.93. The minimum atomic E-state index is -0.568. The maximum absolute atomic E-state index is 12.9. The molecule has 0 aliphatic carbocycles. The van der Waals surface area contributed by atoms with E-state index in [1.807, 2.05) is 31.2 Å². The highest BCUT2D eigenvalue weighted by Crippen LogP contribution is 2.16. The van der Waals surface area contributed by atoms with Gasteiger partial charge >= 0.3 is 11.3 Å². The Morgan fingerprint density at radius 3 is 2.73 bits per heavy atom. The number of furan rings is 1. The first-order valence-corrected chi connectivity index (χ1v) is 8.15. The van der Waals surface area contributed by atoms with Crippen LogP contribution in [0.1, 0.15) is 11.1 Å². The van der Waals surface area contributed by atoms with Gasteiger partial charge in [-0.3, -0.25) is 4.79 Å². The van der Waals surface area contributed by atoms with E-state index in [1.54, 1.807) is 36.4 Å². The van der Waals surface area contributed by atoms with E-state index in [0.29, 0.717) is 15.8 Å². The first kappa shape index (κ1) is 16.0. The molecular weight excluding hydrogens is 332 g/mol. The Labute approximate surface area is 149 Å². The Morgan fingerprint density at radius 2 is 1.96 bits per heavy atom. The van der Waals surface area contributed by atoms with Gasteiger partial charge in [-0.15, -0.1) is 4.73 Å². The van der Waals surface area contributed by atoms with Crippen molar-refractivity contribution in [3.8, 4) is 11.5 Å². The Balaban J connectivity index is 1.86. The Bertz CT molecular complexity index is 1130. The number of fused-ring (bicyclic) bond motifs is 1. The molecule has 130 valence electrons. The molecular formula is C20H16N2O4. The van der Waals surface area contributed by atoms with Crippen molar-refractivity contribution in [3.05, 3.63) is 93.6 Å². The first-order valence-electron chi connectivity index (χ1n) is 8.15. The van der Waals surface area contributed by atoms with Gasteiger partial charge in [0.25, 0.3) is 0 Å². The predicted molar refractivity (Wildman–Crippen MR) is 96.3 cm³/mol. The summed E-state index contributed by atoms with van der Waals surface area (Å²) in [4.78, 5) is 18.7. The zero-order valence-electron chi connectivity index (χ0n) is 14.1. The molecule has 0 atom stereocenters. The van der Waals surface area contributed by atoms with Gasteiger partial charge in [0.1, 0.15) is 6.61 Å². The fourth-order valence-electron chi connectivity index (χ4n) is 2.91. The van der Waals surface area contributed by atoms with Crippen LogP contribution in [0.4, 0.5) is 0 Å². The summed E-state index contributed by atoms with van der Waals surface area (Å²) in [5.74, 6) is 0.198. The molecule has 0 fully saturated rings. The van der Waals surface area contributed by atoms with Gasteiger partial charge in [0, 0.05) is 6.07 Å². The van der Waals surface area contributed by atoms with E-state index in [-0.39, 0.29) is 18.1 Å². The molecule has 6 nitrogen and oxygen atoms in total. The SMILES string of the molecule is Cc1cccc(COn2c(=O)c(-c3ccco3)[n+]([O-])c3ccccc32)c1. The summed E-state index contributed by atoms with van der Waals surface area (Å²) in [6.07, 6.45) is 1.42. The fourth-order valence-corrected chi connectivity index (χ4v) is 2.91. The third kappa shape index (κ3) is 2.71. The van der Waals surface area contributed by atoms with Gasteiger partial charge in [0.2, 0.25) is 11.3 Å². The molecule has 0 aliphatic heterocycles. The first-order chi connectivity index (χ1) is 12.6. The lowest BCUT2D eigenvalue weighted by molar-refractivity contribution is -0.567. The molecule has 0 saturated heterocycles. The van der Waals surface area contributed by atoms with Crippen LogP contribution in [0.25, 0.3) is 22.5 Å². The van der Waals surface area contributed by atoms with E-state index < -0.39 is 5.56 Å². The van der Waals surface area contributed by atoms with Crippen LogP contribution in [0.3, 0.4) is 0 Å². The zero-order valence-corrected chi connectivity index (χ0v) is 14.1. The van der Waals surface area contributed by atoms with Crippen molar-refractivity contribution in [1.82, 2.24) is 4.73 Å². The molecule has 6 heteroatoms. The minimum absolute atomic E-state index is 0.113. The Hall–Kier alpha value is -3.54. The van der Waals surface area contributed by atoms with Crippen LogP contribution in [0.2, 0.25) is 0 Å². The van der Waals surface area contributed by atoms with Gasteiger partial charge in [-0.25, -0.2) is 0 Å². The molecule has 0 N–H and O–H groups in total. The largest absolute Gasteiger partial charge is 0.618 e. The van der Waals surface area contributed by atoms with Crippen molar-refractivity contribution in [2.24, 2.45) is 0 Å². The lowest BCUT2D eigenvalue weighted by Gasteiger charge is -2.13. The molecule has 2 aromatic heterocycles. The van der Waals surface area contributed by atoms with Crippen LogP contribution in [-0.4, -0.2) is 4.73 Å². The molecule has 0 radical (unpaired) electrons. The van der Waals surface area contributed by atoms with Crippen LogP contribution < -0.4 is 15.1 Å². The number of para-hydroxylation sites is 2. The molecule has 0 unspecified atom stereocenters. The number of benzene rings is 2. The topological polar surface area (TPSA) is 71.3 Å². The van der Waals surface area contributed by atoms with Gasteiger partial charge in [0.05, 0.1) is 6.26 Å². The van der Waals surface area contributed by atoms with Gasteiger partial charge in [0.15, 0.2) is 5.52 Å². The van der Waals surface area contributed by atoms with Gasteiger partial charge < -0.3 is 14.5 Å². The van der Waals surface area contributed by atoms with Crippen molar-refractivity contribution in [1.29, 1.82) is 0 Å². The highest BCUT2D eigenvalue weighted by Gasteiger charge is 2.25. The lowest BCUT2D eigenvalue weighted by atomic mass is 10.1. The Morgan fingerprint density at radius 1 is 1.12 bits per heavy atom. The number of hydrogen-bond donors (Lipinski definition) is 0. The van der Waals surface area contributed by atoms with Gasteiger partial charge in [-0.2, -0.15) is 4.73 Å². The van der Waals surface area contributed by atoms with Crippen molar-refractivity contribution in [3.63, 3.8) is 0 Å². The van der Waals surface area contributed by atoms with Crippen molar-refractivity contribution < 1.29 is 14.0 Å². The van der Waals surface area contributed by atoms with E-state index in [1.165, 1.54) is 6.26 Å². The van der Waals surface area contributed by atoms with E-state index in [4.69, 9.17) is 9.25 Å². The second kappa shape index (κ2) is 6.40. The second-order valence-electron chi connectivity index (χ2n) is 5.97. The normalized spacial score (nSPS) is 11.0. The maximum atomic E-state index is 12.9. The molecule has 0 aliphatic rings. The third-order valence-electron chi connectivity index (χ3n) is 4.11. The molecule has 26 heavy (non-hydrogen) atoms. The molecule has 2 heterocycles. The quantitative estimate of drug-likeness (QED) is 0.420. The lowest BCUT2D eigenvalue weighted by Crippen LogP contribution is -2.42. The number of rotatable bonds is 4. The second-order valence-corrected chi connectivity index (χ2v) is 5.97. The molecule has 0 saturated carbocycles. The zero-order chi connectivity index (χ0) is 18.1. The molecule has 0 bridgehead atoms. The van der Waals surface area contributed by atoms with E-state index >= 15 is 0 Å². The van der Waals surface area contributed by atoms with E-state index in [2.05, 4.69) is 0 Å². The molecule has 2 aromatic carbocycles. The molecule has 0 spiro atoms. The summed E-state index contributed by atoms with van der Waals surface area (Å²) in [6, 6.07) is 17.8. The highest BCUT2D eigenvalue weighted by atomic mass is 16.7. The number of nitrogens with zero attached hydrogens (tertiary/aromatic N) is 2. The standard InChI is InChI=1S/C20H16N2O4/c1-14-6-4-7-15(12-14)13-26-22-17-9-3-2-8-16(17)21(24)19(20(22)23)18-10-5-11-25-18/h2-12H,13H2,1H3. The third-order valence-corrected chi connectivity index (χ3v) is 4.11. The summed E-state index contributed by atoms with van der Waals surface area (Å²) in [7, 11) is 0. The van der Waals surface area contributed by atoms with E-state index in [9.17, 15) is 10.0 Å². The summed E-state index contributed by atoms with van der Waals surface area (Å²) >= 11 is 0. The van der Waals surface area contributed by atoms with Gasteiger partial charge in [-0.05, 0) is 30.7 Å². The monoisotopic (exact) mass is 348 g/mol. The number of aromatic nitrogens is 2. The van der Waals surface area contributed by atoms with Crippen LogP contribution >= 0.6 is 0 Å². The predicted octanol–water partition coefficient (Wildman–Crippen LogP) is 2.83. The van der Waals surface area contributed by atoms with Crippen LogP contribution in [0.15, 0.2) is 76.1 Å². The number of aryl methyl sites for hydroxylation is 1. The maximum Gasteiger partial charge on any atom is 0.361 e. The van der Waals surface area contributed by atoms with E-state index in [0.717, 1.165) is 15.9 Å². The minimum Gasteiger partial charge on any atom is -0.618 e. The van der Waals surface area contributed by atoms with Crippen LogP contribution in [0.5, 0.6) is 0 Å².